The van der Waals surface area contributed by atoms with Gasteiger partial charge < -0.3 is 20.0 Å². The van der Waals surface area contributed by atoms with E-state index in [2.05, 4.69) is 74.5 Å². The van der Waals surface area contributed by atoms with Gasteiger partial charge in [0, 0.05) is 59.1 Å². The Balaban J connectivity index is 0.00000289. The summed E-state index contributed by atoms with van der Waals surface area (Å²) in [4.78, 5) is 16.4. The molecule has 0 saturated carbocycles. The van der Waals surface area contributed by atoms with E-state index in [0.29, 0.717) is 0 Å². The summed E-state index contributed by atoms with van der Waals surface area (Å²) in [6.45, 7) is 7.19. The van der Waals surface area contributed by atoms with Gasteiger partial charge in [0.2, 0.25) is 0 Å². The van der Waals surface area contributed by atoms with Crippen molar-refractivity contribution in [2.24, 2.45) is 10.9 Å². The highest BCUT2D eigenvalue weighted by atomic mass is 127. The van der Waals surface area contributed by atoms with Gasteiger partial charge in [-0.2, -0.15) is 0 Å². The molecule has 174 valence electrons. The normalized spacial score (nSPS) is 18.4. The van der Waals surface area contributed by atoms with Crippen LogP contribution in [0.5, 0.6) is 0 Å². The molecule has 0 aliphatic carbocycles. The number of benzene rings is 1. The van der Waals surface area contributed by atoms with Crippen molar-refractivity contribution in [3.05, 3.63) is 59.8 Å². The number of nitrogens with one attached hydrogen (secondary N) is 1. The van der Waals surface area contributed by atoms with Crippen molar-refractivity contribution in [2.45, 2.75) is 25.8 Å². The fourth-order valence-electron chi connectivity index (χ4n) is 4.55. The Morgan fingerprint density at radius 2 is 1.69 bits per heavy atom. The Morgan fingerprint density at radius 1 is 0.969 bits per heavy atom. The molecule has 1 aromatic carbocycles. The summed E-state index contributed by atoms with van der Waals surface area (Å²) in [5.74, 6) is 2.85. The van der Waals surface area contributed by atoms with E-state index in [-0.39, 0.29) is 24.0 Å². The molecule has 1 N–H and O–H groups in total. The highest BCUT2D eigenvalue weighted by Crippen LogP contribution is 2.22. The molecule has 0 atom stereocenters. The molecule has 3 heterocycles. The molecule has 0 unspecified atom stereocenters. The van der Waals surface area contributed by atoms with Gasteiger partial charge in [0.25, 0.3) is 0 Å². The summed E-state index contributed by atoms with van der Waals surface area (Å²) < 4.78 is 0. The largest absolute Gasteiger partial charge is 0.354 e. The number of pyridine rings is 1. The molecule has 4 rings (SSSR count). The van der Waals surface area contributed by atoms with E-state index in [1.807, 2.05) is 13.2 Å². The van der Waals surface area contributed by atoms with Crippen LogP contribution in [0.25, 0.3) is 0 Å². The molecule has 7 heteroatoms. The zero-order valence-electron chi connectivity index (χ0n) is 19.4. The van der Waals surface area contributed by atoms with E-state index in [1.165, 1.54) is 30.4 Å². The fourth-order valence-corrected chi connectivity index (χ4v) is 4.55. The Kier molecular flexibility index (Phi) is 9.59. The van der Waals surface area contributed by atoms with Gasteiger partial charge in [-0.1, -0.05) is 36.4 Å². The Labute approximate surface area is 210 Å². The zero-order chi connectivity index (χ0) is 21.5. The van der Waals surface area contributed by atoms with Gasteiger partial charge >= 0.3 is 0 Å². The van der Waals surface area contributed by atoms with E-state index in [9.17, 15) is 0 Å². The first kappa shape index (κ1) is 24.8. The molecule has 2 aromatic rings. The molecule has 6 nitrogen and oxygen atoms in total. The smallest absolute Gasteiger partial charge is 0.193 e. The number of anilines is 1. The first-order valence-electron chi connectivity index (χ1n) is 11.6. The van der Waals surface area contributed by atoms with Crippen molar-refractivity contribution < 1.29 is 0 Å². The number of halogens is 1. The molecule has 0 radical (unpaired) electrons. The number of rotatable bonds is 5. The number of aliphatic imine (C=N–C) groups is 1. The second-order valence-electron chi connectivity index (χ2n) is 8.84. The third-order valence-electron chi connectivity index (χ3n) is 6.58. The van der Waals surface area contributed by atoms with E-state index >= 15 is 0 Å². The topological polar surface area (TPSA) is 47.0 Å². The van der Waals surface area contributed by atoms with E-state index in [4.69, 9.17) is 4.98 Å². The van der Waals surface area contributed by atoms with Gasteiger partial charge in [0.15, 0.2) is 5.96 Å². The van der Waals surface area contributed by atoms with Crippen LogP contribution in [0.2, 0.25) is 0 Å². The molecule has 0 amide bonds. The van der Waals surface area contributed by atoms with Crippen molar-refractivity contribution in [3.63, 3.8) is 0 Å². The zero-order valence-corrected chi connectivity index (χ0v) is 21.7. The lowest BCUT2D eigenvalue weighted by atomic mass is 9.90. The summed E-state index contributed by atoms with van der Waals surface area (Å²) >= 11 is 0. The van der Waals surface area contributed by atoms with E-state index < -0.39 is 0 Å². The number of piperidine rings is 1. The number of nitrogens with zero attached hydrogens (tertiary/aromatic N) is 5. The van der Waals surface area contributed by atoms with Crippen LogP contribution < -0.4 is 10.2 Å². The van der Waals surface area contributed by atoms with Crippen molar-refractivity contribution in [1.82, 2.24) is 20.1 Å². The average Bonchev–Trinajstić information content (AvgIpc) is 2.82. The van der Waals surface area contributed by atoms with Gasteiger partial charge in [-0.3, -0.25) is 4.99 Å². The summed E-state index contributed by atoms with van der Waals surface area (Å²) in [7, 11) is 4.06. The Bertz CT molecular complexity index is 825. The number of piperazine rings is 1. The second-order valence-corrected chi connectivity index (χ2v) is 8.84. The maximum absolute atomic E-state index is 4.71. The highest BCUT2D eigenvalue weighted by Gasteiger charge is 2.21. The summed E-state index contributed by atoms with van der Waals surface area (Å²) in [6.07, 6.45) is 5.62. The SMILES string of the molecule is CN=C(NCc1ccc(N2CCN(C)CC2)nc1)N1CCC(Cc2ccccc2)CC1.I. The average molecular weight is 549 g/mol. The van der Waals surface area contributed by atoms with Crippen LogP contribution in [0, 0.1) is 5.92 Å². The molecule has 2 fully saturated rings. The molecule has 2 aliphatic rings. The third kappa shape index (κ3) is 6.81. The minimum absolute atomic E-state index is 0. The van der Waals surface area contributed by atoms with Crippen LogP contribution in [0.1, 0.15) is 24.0 Å². The van der Waals surface area contributed by atoms with Gasteiger partial charge in [-0.25, -0.2) is 4.98 Å². The van der Waals surface area contributed by atoms with Gasteiger partial charge in [-0.05, 0) is 49.4 Å². The van der Waals surface area contributed by atoms with Crippen molar-refractivity contribution in [3.8, 4) is 0 Å². The molecule has 2 aliphatic heterocycles. The lowest BCUT2D eigenvalue weighted by Crippen LogP contribution is -2.45. The van der Waals surface area contributed by atoms with Crippen molar-refractivity contribution in [1.29, 1.82) is 0 Å². The van der Waals surface area contributed by atoms with Crippen LogP contribution >= 0.6 is 24.0 Å². The van der Waals surface area contributed by atoms with E-state index in [0.717, 1.165) is 63.5 Å². The van der Waals surface area contributed by atoms with Crippen molar-refractivity contribution >= 4 is 35.8 Å². The maximum atomic E-state index is 4.71. The monoisotopic (exact) mass is 548 g/mol. The number of guanidine groups is 1. The molecule has 32 heavy (non-hydrogen) atoms. The van der Waals surface area contributed by atoms with Crippen LogP contribution in [-0.4, -0.2) is 74.1 Å². The molecule has 1 aromatic heterocycles. The van der Waals surface area contributed by atoms with Crippen LogP contribution in [0.15, 0.2) is 53.7 Å². The summed E-state index contributed by atoms with van der Waals surface area (Å²) in [6, 6.07) is 15.2. The molecular weight excluding hydrogens is 511 g/mol. The minimum Gasteiger partial charge on any atom is -0.354 e. The number of hydrogen-bond donors (Lipinski definition) is 1. The Morgan fingerprint density at radius 3 is 2.31 bits per heavy atom. The number of likely N-dealkylation sites (N-methyl/N-ethyl adjacent to an activating group) is 1. The highest BCUT2D eigenvalue weighted by molar-refractivity contribution is 14.0. The minimum atomic E-state index is 0. The van der Waals surface area contributed by atoms with Crippen LogP contribution in [-0.2, 0) is 13.0 Å². The predicted molar refractivity (Wildman–Crippen MR) is 144 cm³/mol. The van der Waals surface area contributed by atoms with Gasteiger partial charge in [0.05, 0.1) is 0 Å². The summed E-state index contributed by atoms with van der Waals surface area (Å²) in [5.41, 5.74) is 2.65. The quantitative estimate of drug-likeness (QED) is 0.353. The molecule has 0 spiro atoms. The van der Waals surface area contributed by atoms with Gasteiger partial charge in [0.1, 0.15) is 5.82 Å². The Hall–Kier alpha value is -1.87. The first-order chi connectivity index (χ1) is 15.2. The summed E-state index contributed by atoms with van der Waals surface area (Å²) in [5, 5.41) is 3.54. The predicted octanol–water partition coefficient (Wildman–Crippen LogP) is 3.48. The third-order valence-corrected chi connectivity index (χ3v) is 6.58. The molecule has 0 bridgehead atoms. The number of hydrogen-bond acceptors (Lipinski definition) is 4. The van der Waals surface area contributed by atoms with Crippen LogP contribution in [0.4, 0.5) is 5.82 Å². The lowest BCUT2D eigenvalue weighted by molar-refractivity contribution is 0.259. The van der Waals surface area contributed by atoms with Crippen LogP contribution in [0.3, 0.4) is 0 Å². The number of aromatic nitrogens is 1. The fraction of sp³-hybridized carbons (Fsp3) is 0.520. The van der Waals surface area contributed by atoms with Gasteiger partial charge in [-0.15, -0.1) is 24.0 Å². The maximum Gasteiger partial charge on any atom is 0.193 e. The molecule has 2 saturated heterocycles. The first-order valence-corrected chi connectivity index (χ1v) is 11.6. The number of likely N-dealkylation sites (tertiary alicyclic amines) is 1. The second kappa shape index (κ2) is 12.4. The standard InChI is InChI=1S/C25H36N6.HI/c1-26-25(31-12-10-22(11-13-31)18-21-6-4-3-5-7-21)28-20-23-8-9-24(27-19-23)30-16-14-29(2)15-17-30;/h3-9,19,22H,10-18,20H2,1-2H3,(H,26,28);1H. The van der Waals surface area contributed by atoms with E-state index in [1.54, 1.807) is 0 Å². The lowest BCUT2D eigenvalue weighted by Gasteiger charge is -2.34. The molecular formula is C25H37IN6. The van der Waals surface area contributed by atoms with Crippen molar-refractivity contribution in [2.75, 3.05) is 58.3 Å².